The van der Waals surface area contributed by atoms with Crippen molar-refractivity contribution in [2.24, 2.45) is 5.92 Å². The zero-order chi connectivity index (χ0) is 16.7. The Morgan fingerprint density at radius 3 is 1.57 bits per heavy atom. The molecule has 23 heavy (non-hydrogen) atoms. The fourth-order valence-electron chi connectivity index (χ4n) is 3.91. The molecule has 0 heterocycles. The van der Waals surface area contributed by atoms with Gasteiger partial charge in [-0.05, 0) is 57.6 Å². The fourth-order valence-corrected chi connectivity index (χ4v) is 3.91. The van der Waals surface area contributed by atoms with Gasteiger partial charge in [0, 0.05) is 17.0 Å². The minimum Gasteiger partial charge on any atom is -0.507 e. The number of rotatable bonds is 3. The first kappa shape index (κ1) is 15.9. The number of phenolic OH excluding ortho intramolecular Hbond substituents is 2. The summed E-state index contributed by atoms with van der Waals surface area (Å²) in [5.74, 6) is 1.33. The standard InChI is InChI=1S/C21H26O2/c1-12-8-14(3)20(22)17(10-12)19(16-6-5-7-16)18-11-13(2)9-15(4)21(18)23/h8-11,16,19,22-23H,5-7H2,1-4H3. The van der Waals surface area contributed by atoms with Crippen LogP contribution in [-0.4, -0.2) is 10.2 Å². The Balaban J connectivity index is 2.21. The Hall–Kier alpha value is -1.96. The zero-order valence-corrected chi connectivity index (χ0v) is 14.5. The van der Waals surface area contributed by atoms with E-state index in [2.05, 4.69) is 26.0 Å². The van der Waals surface area contributed by atoms with E-state index >= 15 is 0 Å². The topological polar surface area (TPSA) is 40.5 Å². The molecule has 0 bridgehead atoms. The zero-order valence-electron chi connectivity index (χ0n) is 14.5. The van der Waals surface area contributed by atoms with Crippen LogP contribution in [0.25, 0.3) is 0 Å². The molecule has 1 saturated carbocycles. The van der Waals surface area contributed by atoms with Crippen molar-refractivity contribution < 1.29 is 10.2 Å². The molecule has 1 aliphatic rings. The molecule has 2 aromatic carbocycles. The van der Waals surface area contributed by atoms with E-state index < -0.39 is 0 Å². The van der Waals surface area contributed by atoms with Gasteiger partial charge in [0.2, 0.25) is 0 Å². The van der Waals surface area contributed by atoms with Crippen LogP contribution in [-0.2, 0) is 0 Å². The van der Waals surface area contributed by atoms with Crippen molar-refractivity contribution in [2.45, 2.75) is 52.9 Å². The smallest absolute Gasteiger partial charge is 0.122 e. The Morgan fingerprint density at radius 2 is 1.22 bits per heavy atom. The predicted molar refractivity (Wildman–Crippen MR) is 94.3 cm³/mol. The van der Waals surface area contributed by atoms with Crippen LogP contribution in [0.4, 0.5) is 0 Å². The van der Waals surface area contributed by atoms with Crippen LogP contribution in [0.15, 0.2) is 24.3 Å². The van der Waals surface area contributed by atoms with E-state index in [1.165, 1.54) is 6.42 Å². The van der Waals surface area contributed by atoms with Crippen molar-refractivity contribution in [3.8, 4) is 11.5 Å². The fraction of sp³-hybridized carbons (Fsp3) is 0.429. The lowest BCUT2D eigenvalue weighted by molar-refractivity contribution is 0.275. The first-order chi connectivity index (χ1) is 10.9. The molecule has 122 valence electrons. The minimum atomic E-state index is 0.0703. The van der Waals surface area contributed by atoms with Crippen molar-refractivity contribution in [1.82, 2.24) is 0 Å². The van der Waals surface area contributed by atoms with Gasteiger partial charge in [0.25, 0.3) is 0 Å². The summed E-state index contributed by atoms with van der Waals surface area (Å²) in [4.78, 5) is 0. The summed E-state index contributed by atoms with van der Waals surface area (Å²) in [5, 5.41) is 21.3. The van der Waals surface area contributed by atoms with E-state index in [9.17, 15) is 10.2 Å². The average molecular weight is 310 g/mol. The van der Waals surface area contributed by atoms with E-state index in [1.54, 1.807) is 0 Å². The molecule has 2 heteroatoms. The summed E-state index contributed by atoms with van der Waals surface area (Å²) < 4.78 is 0. The third-order valence-electron chi connectivity index (χ3n) is 5.24. The molecule has 2 nitrogen and oxygen atoms in total. The minimum absolute atomic E-state index is 0.0703. The van der Waals surface area contributed by atoms with Gasteiger partial charge in [-0.2, -0.15) is 0 Å². The number of aryl methyl sites for hydroxylation is 4. The number of benzene rings is 2. The molecule has 1 fully saturated rings. The molecule has 0 aliphatic heterocycles. The number of hydrogen-bond acceptors (Lipinski definition) is 2. The van der Waals surface area contributed by atoms with Crippen molar-refractivity contribution >= 4 is 0 Å². The normalized spacial score (nSPS) is 15.0. The van der Waals surface area contributed by atoms with Crippen molar-refractivity contribution in [2.75, 3.05) is 0 Å². The van der Waals surface area contributed by atoms with Gasteiger partial charge in [-0.3, -0.25) is 0 Å². The second kappa shape index (κ2) is 5.92. The molecule has 0 aromatic heterocycles. The third-order valence-corrected chi connectivity index (χ3v) is 5.24. The lowest BCUT2D eigenvalue weighted by Gasteiger charge is -2.36. The van der Waals surface area contributed by atoms with E-state index in [4.69, 9.17) is 0 Å². The number of hydrogen-bond donors (Lipinski definition) is 2. The maximum Gasteiger partial charge on any atom is 0.122 e. The predicted octanol–water partition coefficient (Wildman–Crippen LogP) is 5.26. The first-order valence-electron chi connectivity index (χ1n) is 8.48. The van der Waals surface area contributed by atoms with Gasteiger partial charge in [0.1, 0.15) is 11.5 Å². The van der Waals surface area contributed by atoms with E-state index in [0.29, 0.717) is 17.4 Å². The molecular weight excluding hydrogens is 284 g/mol. The molecule has 2 aromatic rings. The van der Waals surface area contributed by atoms with Crippen LogP contribution in [0.1, 0.15) is 58.6 Å². The maximum absolute atomic E-state index is 10.7. The molecule has 0 amide bonds. The SMILES string of the molecule is Cc1cc(C)c(O)c(C(c2cc(C)cc(C)c2O)C2CCC2)c1. The highest BCUT2D eigenvalue weighted by Crippen LogP contribution is 2.49. The lowest BCUT2D eigenvalue weighted by Crippen LogP contribution is -2.22. The molecule has 1 aliphatic carbocycles. The lowest BCUT2D eigenvalue weighted by atomic mass is 9.69. The first-order valence-corrected chi connectivity index (χ1v) is 8.48. The molecule has 0 atom stereocenters. The van der Waals surface area contributed by atoms with Gasteiger partial charge in [-0.15, -0.1) is 0 Å². The summed E-state index contributed by atoms with van der Waals surface area (Å²) in [6.07, 6.45) is 3.55. The Kier molecular flexibility index (Phi) is 4.09. The van der Waals surface area contributed by atoms with Crippen molar-refractivity contribution in [3.63, 3.8) is 0 Å². The van der Waals surface area contributed by atoms with Gasteiger partial charge >= 0.3 is 0 Å². The number of phenols is 2. The van der Waals surface area contributed by atoms with Crippen molar-refractivity contribution in [3.05, 3.63) is 57.6 Å². The van der Waals surface area contributed by atoms with Crippen LogP contribution in [0, 0.1) is 33.6 Å². The molecule has 0 radical (unpaired) electrons. The second-order valence-electron chi connectivity index (χ2n) is 7.21. The molecule has 3 rings (SSSR count). The van der Waals surface area contributed by atoms with Crippen LogP contribution < -0.4 is 0 Å². The molecular formula is C21H26O2. The summed E-state index contributed by atoms with van der Waals surface area (Å²) in [5.41, 5.74) is 6.06. The number of aromatic hydroxyl groups is 2. The summed E-state index contributed by atoms with van der Waals surface area (Å²) in [6.45, 7) is 8.03. The monoisotopic (exact) mass is 310 g/mol. The van der Waals surface area contributed by atoms with Crippen LogP contribution in [0.5, 0.6) is 11.5 Å². The van der Waals surface area contributed by atoms with E-state index in [0.717, 1.165) is 46.2 Å². The van der Waals surface area contributed by atoms with Gasteiger partial charge in [-0.25, -0.2) is 0 Å². The maximum atomic E-state index is 10.7. The van der Waals surface area contributed by atoms with Gasteiger partial charge in [0.15, 0.2) is 0 Å². The summed E-state index contributed by atoms with van der Waals surface area (Å²) in [7, 11) is 0. The molecule has 0 spiro atoms. The molecule has 0 saturated heterocycles. The highest BCUT2D eigenvalue weighted by Gasteiger charge is 2.34. The summed E-state index contributed by atoms with van der Waals surface area (Å²) in [6, 6.07) is 8.20. The highest BCUT2D eigenvalue weighted by atomic mass is 16.3. The van der Waals surface area contributed by atoms with Crippen LogP contribution in [0.2, 0.25) is 0 Å². The van der Waals surface area contributed by atoms with Gasteiger partial charge < -0.3 is 10.2 Å². The van der Waals surface area contributed by atoms with E-state index in [1.807, 2.05) is 26.0 Å². The second-order valence-corrected chi connectivity index (χ2v) is 7.21. The van der Waals surface area contributed by atoms with Gasteiger partial charge in [-0.1, -0.05) is 41.8 Å². The van der Waals surface area contributed by atoms with Gasteiger partial charge in [0.05, 0.1) is 0 Å². The molecule has 0 unspecified atom stereocenters. The Bertz CT molecular complexity index is 684. The largest absolute Gasteiger partial charge is 0.507 e. The Morgan fingerprint density at radius 1 is 0.783 bits per heavy atom. The third kappa shape index (κ3) is 2.83. The quantitative estimate of drug-likeness (QED) is 0.811. The van der Waals surface area contributed by atoms with Crippen molar-refractivity contribution in [1.29, 1.82) is 0 Å². The van der Waals surface area contributed by atoms with Crippen LogP contribution >= 0.6 is 0 Å². The van der Waals surface area contributed by atoms with E-state index in [-0.39, 0.29) is 5.92 Å². The molecule has 2 N–H and O–H groups in total. The van der Waals surface area contributed by atoms with Crippen LogP contribution in [0.3, 0.4) is 0 Å². The average Bonchev–Trinajstić information content (AvgIpc) is 2.42. The summed E-state index contributed by atoms with van der Waals surface area (Å²) >= 11 is 0. The highest BCUT2D eigenvalue weighted by molar-refractivity contribution is 5.53. The Labute approximate surface area is 138 Å².